The number of ether oxygens (including phenoxy) is 2. The zero-order valence-electron chi connectivity index (χ0n) is 33.4. The van der Waals surface area contributed by atoms with Crippen LogP contribution in [0.25, 0.3) is 0 Å². The van der Waals surface area contributed by atoms with Gasteiger partial charge in [-0.2, -0.15) is 0 Å². The Morgan fingerprint density at radius 2 is 1.61 bits per heavy atom. The fourth-order valence-electron chi connectivity index (χ4n) is 8.02. The molecule has 11 heteroatoms. The van der Waals surface area contributed by atoms with E-state index in [2.05, 4.69) is 34.6 Å². The Morgan fingerprint density at radius 3 is 2.17 bits per heavy atom. The van der Waals surface area contributed by atoms with Gasteiger partial charge in [0.15, 0.2) is 0 Å². The standard InChI is InChI=1S/C43H57Cl2N5O4/c1-10-54-37-26-38(42(6,7)8)46-27-36(37)40-47-30(5)43(33-13-17-35(45)18-14-33,29(4)32-11-15-34(44)16-12-32)50(40)41(52)48-21-19-31(20-22-48)25-39(51)49(28(2)3)23-24-53-9/h11-18,26-31H,10,19-25H2,1-9H3/t29-,30-,43+/m1/s1. The third-order valence-corrected chi connectivity index (χ3v) is 11.6. The van der Waals surface area contributed by atoms with E-state index >= 15 is 4.79 Å². The van der Waals surface area contributed by atoms with Crippen LogP contribution in [0.5, 0.6) is 5.75 Å². The number of likely N-dealkylation sites (tertiary alicyclic amines) is 1. The number of benzene rings is 2. The molecule has 3 amide bonds. The maximum absolute atomic E-state index is 15.5. The van der Waals surface area contributed by atoms with Gasteiger partial charge in [0.2, 0.25) is 5.91 Å². The first-order valence-corrected chi connectivity index (χ1v) is 20.0. The Balaban J connectivity index is 1.60. The molecule has 0 unspecified atom stereocenters. The molecule has 1 fully saturated rings. The van der Waals surface area contributed by atoms with Crippen molar-refractivity contribution in [3.63, 3.8) is 0 Å². The molecule has 0 aliphatic carbocycles. The number of pyridine rings is 1. The van der Waals surface area contributed by atoms with E-state index in [1.54, 1.807) is 7.11 Å². The third-order valence-electron chi connectivity index (χ3n) is 11.1. The Labute approximate surface area is 332 Å². The molecule has 5 rings (SSSR count). The fraction of sp³-hybridized carbons (Fsp3) is 0.535. The van der Waals surface area contributed by atoms with Crippen LogP contribution in [0.4, 0.5) is 4.79 Å². The van der Waals surface area contributed by atoms with Gasteiger partial charge in [0, 0.05) is 78.5 Å². The normalized spacial score (nSPS) is 19.9. The van der Waals surface area contributed by atoms with Crippen LogP contribution in [0.1, 0.15) is 103 Å². The van der Waals surface area contributed by atoms with Gasteiger partial charge in [-0.25, -0.2) is 4.79 Å². The maximum Gasteiger partial charge on any atom is 0.326 e. The summed E-state index contributed by atoms with van der Waals surface area (Å²) in [6, 6.07) is 17.1. The van der Waals surface area contributed by atoms with Gasteiger partial charge in [-0.15, -0.1) is 0 Å². The molecule has 9 nitrogen and oxygen atoms in total. The summed E-state index contributed by atoms with van der Waals surface area (Å²) in [5.74, 6) is 1.21. The van der Waals surface area contributed by atoms with E-state index in [0.29, 0.717) is 66.5 Å². The number of amides is 3. The monoisotopic (exact) mass is 777 g/mol. The van der Waals surface area contributed by atoms with Gasteiger partial charge < -0.3 is 19.3 Å². The lowest BCUT2D eigenvalue weighted by atomic mass is 9.70. The molecule has 2 aliphatic rings. The SMILES string of the molecule is CCOc1cc(C(C)(C)C)ncc1C1=N[C@H](C)[C@](c2ccc(Cl)cc2)([C@H](C)c2ccc(Cl)cc2)N1C(=O)N1CCC(CC(=O)N(CCOC)C(C)C)CC1. The van der Waals surface area contributed by atoms with Gasteiger partial charge in [-0.1, -0.05) is 75.2 Å². The molecule has 0 radical (unpaired) electrons. The van der Waals surface area contributed by atoms with Gasteiger partial charge in [0.1, 0.15) is 17.1 Å². The fourth-order valence-corrected chi connectivity index (χ4v) is 8.28. The van der Waals surface area contributed by atoms with Crippen molar-refractivity contribution in [3.8, 4) is 5.75 Å². The quantitative estimate of drug-likeness (QED) is 0.183. The average molecular weight is 779 g/mol. The number of carbonyl (C=O) groups is 2. The minimum absolute atomic E-state index is 0.0846. The number of aliphatic imine (C=N–C) groups is 1. The summed E-state index contributed by atoms with van der Waals surface area (Å²) in [5.41, 5.74) is 2.28. The highest BCUT2D eigenvalue weighted by molar-refractivity contribution is 6.30. The molecule has 292 valence electrons. The van der Waals surface area contributed by atoms with Crippen LogP contribution in [0.2, 0.25) is 10.0 Å². The number of hydrogen-bond donors (Lipinski definition) is 0. The zero-order valence-corrected chi connectivity index (χ0v) is 34.9. The van der Waals surface area contributed by atoms with E-state index in [-0.39, 0.29) is 41.3 Å². The topological polar surface area (TPSA) is 87.6 Å². The zero-order chi connectivity index (χ0) is 39.4. The first-order valence-electron chi connectivity index (χ1n) is 19.2. The molecule has 3 aromatic rings. The summed E-state index contributed by atoms with van der Waals surface area (Å²) >= 11 is 12.9. The molecule has 2 aromatic carbocycles. The summed E-state index contributed by atoms with van der Waals surface area (Å²) in [6.07, 6.45) is 3.69. The Hall–Kier alpha value is -3.66. The molecule has 0 bridgehead atoms. The van der Waals surface area contributed by atoms with E-state index in [9.17, 15) is 4.79 Å². The van der Waals surface area contributed by atoms with Crippen LogP contribution in [0.15, 0.2) is 65.8 Å². The first kappa shape index (κ1) is 41.5. The predicted molar refractivity (Wildman–Crippen MR) is 218 cm³/mol. The Morgan fingerprint density at radius 1 is 1.00 bits per heavy atom. The van der Waals surface area contributed by atoms with Gasteiger partial charge in [-0.3, -0.25) is 19.7 Å². The highest BCUT2D eigenvalue weighted by Gasteiger charge is 2.57. The van der Waals surface area contributed by atoms with Crippen molar-refractivity contribution in [2.45, 2.75) is 104 Å². The summed E-state index contributed by atoms with van der Waals surface area (Å²) in [6.45, 7) is 19.1. The van der Waals surface area contributed by atoms with Crippen molar-refractivity contribution in [3.05, 3.63) is 93.2 Å². The summed E-state index contributed by atoms with van der Waals surface area (Å²) in [4.78, 5) is 44.9. The molecule has 0 N–H and O–H groups in total. The second-order valence-corrected chi connectivity index (χ2v) is 16.8. The van der Waals surface area contributed by atoms with E-state index < -0.39 is 5.54 Å². The summed E-state index contributed by atoms with van der Waals surface area (Å²) in [5, 5.41) is 1.24. The second kappa shape index (κ2) is 17.4. The molecular formula is C43H57Cl2N5O4. The van der Waals surface area contributed by atoms with Crippen LogP contribution in [0.3, 0.4) is 0 Å². The molecule has 3 heterocycles. The number of piperidine rings is 1. The van der Waals surface area contributed by atoms with E-state index in [1.807, 2.05) is 96.3 Å². The molecule has 0 saturated carbocycles. The van der Waals surface area contributed by atoms with Crippen molar-refractivity contribution < 1.29 is 19.1 Å². The van der Waals surface area contributed by atoms with Crippen molar-refractivity contribution in [1.82, 2.24) is 19.7 Å². The molecule has 0 spiro atoms. The number of aromatic nitrogens is 1. The third kappa shape index (κ3) is 8.58. The van der Waals surface area contributed by atoms with Crippen LogP contribution in [0, 0.1) is 5.92 Å². The Kier molecular flexibility index (Phi) is 13.4. The largest absolute Gasteiger partial charge is 0.493 e. The van der Waals surface area contributed by atoms with Crippen molar-refractivity contribution >= 4 is 41.0 Å². The summed E-state index contributed by atoms with van der Waals surface area (Å²) < 4.78 is 11.6. The minimum atomic E-state index is -0.969. The van der Waals surface area contributed by atoms with Gasteiger partial charge in [0.05, 0.1) is 24.8 Å². The van der Waals surface area contributed by atoms with Crippen molar-refractivity contribution in [1.29, 1.82) is 0 Å². The number of hydrogen-bond acceptors (Lipinski definition) is 6. The van der Waals surface area contributed by atoms with Crippen LogP contribution in [-0.2, 0) is 20.5 Å². The lowest BCUT2D eigenvalue weighted by Crippen LogP contribution is -2.60. The van der Waals surface area contributed by atoms with E-state index in [4.69, 9.17) is 42.7 Å². The number of nitrogens with zero attached hydrogens (tertiary/aromatic N) is 5. The lowest BCUT2D eigenvalue weighted by Gasteiger charge is -2.48. The van der Waals surface area contributed by atoms with Gasteiger partial charge >= 0.3 is 6.03 Å². The molecule has 54 heavy (non-hydrogen) atoms. The van der Waals surface area contributed by atoms with Crippen LogP contribution >= 0.6 is 23.2 Å². The van der Waals surface area contributed by atoms with E-state index in [1.165, 1.54) is 0 Å². The van der Waals surface area contributed by atoms with Crippen LogP contribution in [-0.4, -0.2) is 89.5 Å². The smallest absolute Gasteiger partial charge is 0.326 e. The number of rotatable bonds is 12. The predicted octanol–water partition coefficient (Wildman–Crippen LogP) is 9.34. The number of carbonyl (C=O) groups excluding carboxylic acids is 2. The number of methoxy groups -OCH3 is 1. The Bertz CT molecular complexity index is 1780. The molecule has 3 atom stereocenters. The van der Waals surface area contributed by atoms with Gasteiger partial charge in [-0.05, 0) is 81.8 Å². The van der Waals surface area contributed by atoms with Gasteiger partial charge in [0.25, 0.3) is 0 Å². The number of amidine groups is 1. The van der Waals surface area contributed by atoms with Crippen LogP contribution < -0.4 is 4.74 Å². The maximum atomic E-state index is 15.5. The van der Waals surface area contributed by atoms with Crippen molar-refractivity contribution in [2.24, 2.45) is 10.9 Å². The average Bonchev–Trinajstić information content (AvgIpc) is 3.44. The molecular weight excluding hydrogens is 721 g/mol. The lowest BCUT2D eigenvalue weighted by molar-refractivity contribution is -0.134. The number of halogens is 2. The highest BCUT2D eigenvalue weighted by atomic mass is 35.5. The molecule has 1 aromatic heterocycles. The molecule has 1 saturated heterocycles. The van der Waals surface area contributed by atoms with E-state index in [0.717, 1.165) is 29.7 Å². The molecule has 2 aliphatic heterocycles. The summed E-state index contributed by atoms with van der Waals surface area (Å²) in [7, 11) is 1.65. The first-order chi connectivity index (χ1) is 25.6. The highest BCUT2D eigenvalue weighted by Crippen LogP contribution is 2.51. The second-order valence-electron chi connectivity index (χ2n) is 15.9. The van der Waals surface area contributed by atoms with Crippen molar-refractivity contribution in [2.75, 3.05) is 40.0 Å². The minimum Gasteiger partial charge on any atom is -0.493 e. The number of urea groups is 1.